The summed E-state index contributed by atoms with van der Waals surface area (Å²) in [5.41, 5.74) is 1.49. The van der Waals surface area contributed by atoms with Crippen LogP contribution in [0.15, 0.2) is 11.4 Å². The fourth-order valence-corrected chi connectivity index (χ4v) is 5.14. The van der Waals surface area contributed by atoms with Crippen molar-refractivity contribution in [3.05, 3.63) is 21.9 Å². The first-order valence-electron chi connectivity index (χ1n) is 7.07. The first kappa shape index (κ1) is 11.7. The zero-order valence-corrected chi connectivity index (χ0v) is 11.7. The zero-order chi connectivity index (χ0) is 11.8. The van der Waals surface area contributed by atoms with E-state index in [1.54, 1.807) is 4.88 Å². The summed E-state index contributed by atoms with van der Waals surface area (Å²) in [7, 11) is 0. The van der Waals surface area contributed by atoms with Gasteiger partial charge in [-0.3, -0.25) is 0 Å². The van der Waals surface area contributed by atoms with Crippen molar-refractivity contribution in [1.29, 1.82) is 0 Å². The van der Waals surface area contributed by atoms with Crippen LogP contribution < -0.4 is 5.32 Å². The van der Waals surface area contributed by atoms with Gasteiger partial charge < -0.3 is 5.32 Å². The average Bonchev–Trinajstić information content (AvgIpc) is 3.01. The third-order valence-electron chi connectivity index (χ3n) is 4.83. The van der Waals surface area contributed by atoms with Crippen LogP contribution in [0.1, 0.15) is 49.1 Å². The topological polar surface area (TPSA) is 12.0 Å². The van der Waals surface area contributed by atoms with E-state index in [1.165, 1.54) is 31.2 Å². The molecule has 4 atom stereocenters. The minimum Gasteiger partial charge on any atom is -0.309 e. The molecule has 2 aliphatic rings. The molecule has 2 saturated carbocycles. The van der Waals surface area contributed by atoms with Crippen molar-refractivity contribution in [2.75, 3.05) is 6.54 Å². The van der Waals surface area contributed by atoms with Gasteiger partial charge in [-0.2, -0.15) is 0 Å². The van der Waals surface area contributed by atoms with Gasteiger partial charge in [-0.1, -0.05) is 13.3 Å². The van der Waals surface area contributed by atoms with Crippen LogP contribution >= 0.6 is 11.3 Å². The second kappa shape index (κ2) is 4.74. The Balaban J connectivity index is 1.83. The van der Waals surface area contributed by atoms with E-state index >= 15 is 0 Å². The molecule has 0 spiro atoms. The van der Waals surface area contributed by atoms with Crippen LogP contribution in [0.5, 0.6) is 0 Å². The summed E-state index contributed by atoms with van der Waals surface area (Å²) in [6.07, 6.45) is 5.97. The monoisotopic (exact) mass is 249 g/mol. The van der Waals surface area contributed by atoms with Crippen molar-refractivity contribution in [3.63, 3.8) is 0 Å². The number of thiophene rings is 1. The highest BCUT2D eigenvalue weighted by atomic mass is 32.1. The summed E-state index contributed by atoms with van der Waals surface area (Å²) >= 11 is 1.95. The number of rotatable bonds is 4. The SMILES string of the molecule is CCNC(c1sccc1C)C1CC2CCC1C2. The van der Waals surface area contributed by atoms with Gasteiger partial charge in [-0.05, 0) is 67.5 Å². The highest BCUT2D eigenvalue weighted by molar-refractivity contribution is 7.10. The molecule has 2 bridgehead atoms. The van der Waals surface area contributed by atoms with Gasteiger partial charge in [0.25, 0.3) is 0 Å². The van der Waals surface area contributed by atoms with E-state index in [0.29, 0.717) is 6.04 Å². The normalized spacial score (nSPS) is 33.2. The number of nitrogens with one attached hydrogen (secondary N) is 1. The minimum atomic E-state index is 0.635. The van der Waals surface area contributed by atoms with Crippen LogP contribution in [0, 0.1) is 24.7 Å². The standard InChI is InChI=1S/C15H23NS/c1-3-16-14(15-10(2)6-7-17-15)13-9-11-4-5-12(13)8-11/h6-7,11-14,16H,3-5,8-9H2,1-2H3. The Labute approximate surface area is 109 Å². The van der Waals surface area contributed by atoms with E-state index in [2.05, 4.69) is 30.6 Å². The van der Waals surface area contributed by atoms with Gasteiger partial charge >= 0.3 is 0 Å². The Morgan fingerprint density at radius 2 is 2.29 bits per heavy atom. The molecule has 2 heteroatoms. The van der Waals surface area contributed by atoms with E-state index in [-0.39, 0.29) is 0 Å². The molecular formula is C15H23NS. The third-order valence-corrected chi connectivity index (χ3v) is 5.93. The average molecular weight is 249 g/mol. The van der Waals surface area contributed by atoms with Crippen molar-refractivity contribution in [2.24, 2.45) is 17.8 Å². The molecule has 94 valence electrons. The maximum Gasteiger partial charge on any atom is 0.0448 e. The summed E-state index contributed by atoms with van der Waals surface area (Å²) in [4.78, 5) is 1.60. The third kappa shape index (κ3) is 2.06. The van der Waals surface area contributed by atoms with Crippen molar-refractivity contribution >= 4 is 11.3 Å². The Morgan fingerprint density at radius 1 is 1.41 bits per heavy atom. The lowest BCUT2D eigenvalue weighted by Crippen LogP contribution is -2.31. The highest BCUT2D eigenvalue weighted by Crippen LogP contribution is 2.53. The van der Waals surface area contributed by atoms with Crippen LogP contribution in [-0.4, -0.2) is 6.54 Å². The Kier molecular flexibility index (Phi) is 3.27. The summed E-state index contributed by atoms with van der Waals surface area (Å²) in [5.74, 6) is 2.96. The largest absolute Gasteiger partial charge is 0.309 e. The molecule has 1 heterocycles. The number of hydrogen-bond donors (Lipinski definition) is 1. The molecule has 1 aromatic rings. The van der Waals surface area contributed by atoms with E-state index < -0.39 is 0 Å². The molecule has 17 heavy (non-hydrogen) atoms. The van der Waals surface area contributed by atoms with Gasteiger partial charge in [0, 0.05) is 10.9 Å². The van der Waals surface area contributed by atoms with Crippen molar-refractivity contribution in [2.45, 2.75) is 45.6 Å². The van der Waals surface area contributed by atoms with Gasteiger partial charge in [-0.15, -0.1) is 11.3 Å². The van der Waals surface area contributed by atoms with Crippen molar-refractivity contribution < 1.29 is 0 Å². The molecule has 0 aromatic carbocycles. The maximum absolute atomic E-state index is 3.76. The molecule has 0 aliphatic heterocycles. The summed E-state index contributed by atoms with van der Waals surface area (Å²) in [5, 5.41) is 6.02. The van der Waals surface area contributed by atoms with Crippen LogP contribution in [0.25, 0.3) is 0 Å². The molecule has 3 rings (SSSR count). The lowest BCUT2D eigenvalue weighted by molar-refractivity contribution is 0.255. The molecule has 1 N–H and O–H groups in total. The molecule has 2 aliphatic carbocycles. The Hall–Kier alpha value is -0.340. The minimum absolute atomic E-state index is 0.635. The van der Waals surface area contributed by atoms with E-state index in [1.807, 2.05) is 11.3 Å². The fourth-order valence-electron chi connectivity index (χ4n) is 4.06. The quantitative estimate of drug-likeness (QED) is 0.845. The molecule has 1 aromatic heterocycles. The van der Waals surface area contributed by atoms with Crippen molar-refractivity contribution in [1.82, 2.24) is 5.32 Å². The smallest absolute Gasteiger partial charge is 0.0448 e. The van der Waals surface area contributed by atoms with Gasteiger partial charge in [0.1, 0.15) is 0 Å². The van der Waals surface area contributed by atoms with E-state index in [9.17, 15) is 0 Å². The molecular weight excluding hydrogens is 226 g/mol. The van der Waals surface area contributed by atoms with Gasteiger partial charge in [0.2, 0.25) is 0 Å². The van der Waals surface area contributed by atoms with Crippen LogP contribution in [-0.2, 0) is 0 Å². The molecule has 0 radical (unpaired) electrons. The second-order valence-corrected chi connectivity index (χ2v) is 6.79. The zero-order valence-electron chi connectivity index (χ0n) is 10.9. The molecule has 2 fully saturated rings. The van der Waals surface area contributed by atoms with Crippen LogP contribution in [0.3, 0.4) is 0 Å². The predicted molar refractivity (Wildman–Crippen MR) is 74.4 cm³/mol. The Morgan fingerprint density at radius 3 is 2.82 bits per heavy atom. The van der Waals surface area contributed by atoms with Gasteiger partial charge in [-0.25, -0.2) is 0 Å². The summed E-state index contributed by atoms with van der Waals surface area (Å²) < 4.78 is 0. The second-order valence-electron chi connectivity index (χ2n) is 5.84. The lowest BCUT2D eigenvalue weighted by atomic mass is 9.82. The van der Waals surface area contributed by atoms with E-state index in [4.69, 9.17) is 0 Å². The maximum atomic E-state index is 3.76. The fraction of sp³-hybridized carbons (Fsp3) is 0.733. The van der Waals surface area contributed by atoms with Gasteiger partial charge in [0.15, 0.2) is 0 Å². The first-order valence-corrected chi connectivity index (χ1v) is 7.95. The highest BCUT2D eigenvalue weighted by Gasteiger charge is 2.43. The van der Waals surface area contributed by atoms with Crippen molar-refractivity contribution in [3.8, 4) is 0 Å². The van der Waals surface area contributed by atoms with Crippen LogP contribution in [0.4, 0.5) is 0 Å². The molecule has 0 amide bonds. The summed E-state index contributed by atoms with van der Waals surface area (Å²) in [6.45, 7) is 5.60. The summed E-state index contributed by atoms with van der Waals surface area (Å²) in [6, 6.07) is 2.91. The number of hydrogen-bond acceptors (Lipinski definition) is 2. The molecule has 1 nitrogen and oxygen atoms in total. The first-order chi connectivity index (χ1) is 8.29. The van der Waals surface area contributed by atoms with Gasteiger partial charge in [0.05, 0.1) is 0 Å². The lowest BCUT2D eigenvalue weighted by Gasteiger charge is -2.31. The number of aryl methyl sites for hydroxylation is 1. The molecule has 4 unspecified atom stereocenters. The number of fused-ring (bicyclic) bond motifs is 2. The predicted octanol–water partition coefficient (Wildman–Crippen LogP) is 4.14. The molecule has 0 saturated heterocycles. The van der Waals surface area contributed by atoms with E-state index in [0.717, 1.165) is 24.3 Å². The van der Waals surface area contributed by atoms with Crippen LogP contribution in [0.2, 0.25) is 0 Å². The Bertz CT molecular complexity index is 384.